The lowest BCUT2D eigenvalue weighted by atomic mass is 10.0. The Bertz CT molecular complexity index is 1080. The number of nitrogens with zero attached hydrogens (tertiary/aromatic N) is 3. The second-order valence-electron chi connectivity index (χ2n) is 7.63. The summed E-state index contributed by atoms with van der Waals surface area (Å²) in [7, 11) is 0. The topological polar surface area (TPSA) is 117 Å². The molecule has 1 aliphatic rings. The summed E-state index contributed by atoms with van der Waals surface area (Å²) >= 11 is 0. The molecular formula is C23H27N5O3. The molecule has 0 saturated heterocycles. The van der Waals surface area contributed by atoms with E-state index >= 15 is 0 Å². The highest BCUT2D eigenvalue weighted by atomic mass is 16.2. The van der Waals surface area contributed by atoms with E-state index in [-0.39, 0.29) is 24.1 Å². The number of aromatic nitrogens is 2. The summed E-state index contributed by atoms with van der Waals surface area (Å²) in [5, 5.41) is 19.4. The second-order valence-corrected chi connectivity index (χ2v) is 7.63. The number of rotatable bonds is 7. The van der Waals surface area contributed by atoms with Crippen LogP contribution in [0.5, 0.6) is 0 Å². The maximum Gasteiger partial charge on any atom is 0.285 e. The first-order valence-corrected chi connectivity index (χ1v) is 10.7. The highest BCUT2D eigenvalue weighted by Crippen LogP contribution is 2.20. The maximum atomic E-state index is 12.7. The molecule has 0 bridgehead atoms. The summed E-state index contributed by atoms with van der Waals surface area (Å²) in [4.78, 5) is 38.0. The molecule has 1 fully saturated rings. The van der Waals surface area contributed by atoms with Gasteiger partial charge >= 0.3 is 0 Å². The molecule has 1 aromatic heterocycles. The van der Waals surface area contributed by atoms with Crippen molar-refractivity contribution in [2.45, 2.75) is 65.0 Å². The Morgan fingerprint density at radius 1 is 1.19 bits per heavy atom. The van der Waals surface area contributed by atoms with Gasteiger partial charge in [0.05, 0.1) is 16.9 Å². The van der Waals surface area contributed by atoms with Crippen LogP contribution in [0.3, 0.4) is 0 Å². The van der Waals surface area contributed by atoms with E-state index in [4.69, 9.17) is 0 Å². The fraction of sp³-hybridized carbons (Fsp3) is 0.435. The number of hydrogen-bond acceptors (Lipinski definition) is 5. The molecule has 2 amide bonds. The van der Waals surface area contributed by atoms with Gasteiger partial charge in [0.2, 0.25) is 5.91 Å². The van der Waals surface area contributed by atoms with Gasteiger partial charge in [0.1, 0.15) is 18.2 Å². The third-order valence-electron chi connectivity index (χ3n) is 5.57. The van der Waals surface area contributed by atoms with E-state index in [9.17, 15) is 19.6 Å². The van der Waals surface area contributed by atoms with Crippen molar-refractivity contribution in [1.82, 2.24) is 15.1 Å². The smallest absolute Gasteiger partial charge is 0.285 e. The third-order valence-corrected chi connectivity index (χ3v) is 5.57. The van der Waals surface area contributed by atoms with Crippen LogP contribution in [0.15, 0.2) is 29.1 Å². The monoisotopic (exact) mass is 421 g/mol. The van der Waals surface area contributed by atoms with Gasteiger partial charge in [-0.15, -0.1) is 0 Å². The summed E-state index contributed by atoms with van der Waals surface area (Å²) in [5.41, 5.74) is 1.44. The summed E-state index contributed by atoms with van der Waals surface area (Å²) in [6.07, 6.45) is 5.20. The number of para-hydroxylation sites is 1. The van der Waals surface area contributed by atoms with Crippen molar-refractivity contribution in [2.24, 2.45) is 0 Å². The normalized spacial score (nSPS) is 13.6. The van der Waals surface area contributed by atoms with Gasteiger partial charge in [-0.3, -0.25) is 14.4 Å². The Labute approximate surface area is 181 Å². The largest absolute Gasteiger partial charge is 0.349 e. The summed E-state index contributed by atoms with van der Waals surface area (Å²) in [6, 6.07) is 8.88. The molecule has 8 nitrogen and oxygen atoms in total. The molecule has 31 heavy (non-hydrogen) atoms. The van der Waals surface area contributed by atoms with Gasteiger partial charge in [0, 0.05) is 6.04 Å². The van der Waals surface area contributed by atoms with E-state index < -0.39 is 11.5 Å². The Balaban J connectivity index is 1.80. The first-order chi connectivity index (χ1) is 15.0. The molecule has 0 spiro atoms. The lowest BCUT2D eigenvalue weighted by Gasteiger charge is -2.15. The molecule has 1 saturated carbocycles. The molecule has 0 unspecified atom stereocenters. The number of hydrogen-bond donors (Lipinski definition) is 2. The van der Waals surface area contributed by atoms with E-state index in [1.807, 2.05) is 19.9 Å². The van der Waals surface area contributed by atoms with Crippen LogP contribution >= 0.6 is 0 Å². The highest BCUT2D eigenvalue weighted by molar-refractivity contribution is 6.03. The minimum Gasteiger partial charge on any atom is -0.349 e. The summed E-state index contributed by atoms with van der Waals surface area (Å²) in [6.45, 7) is 3.40. The van der Waals surface area contributed by atoms with Gasteiger partial charge in [-0.2, -0.15) is 10.4 Å². The van der Waals surface area contributed by atoms with Crippen LogP contribution < -0.4 is 16.2 Å². The molecule has 2 aromatic rings. The van der Waals surface area contributed by atoms with E-state index in [2.05, 4.69) is 15.7 Å². The average Bonchev–Trinajstić information content (AvgIpc) is 3.27. The van der Waals surface area contributed by atoms with Crippen molar-refractivity contribution >= 4 is 17.5 Å². The minimum absolute atomic E-state index is 0.0264. The van der Waals surface area contributed by atoms with Gasteiger partial charge in [-0.1, -0.05) is 38.8 Å². The van der Waals surface area contributed by atoms with Gasteiger partial charge < -0.3 is 10.6 Å². The second kappa shape index (κ2) is 10.0. The highest BCUT2D eigenvalue weighted by Gasteiger charge is 2.21. The molecular weight excluding hydrogens is 394 g/mol. The zero-order valence-electron chi connectivity index (χ0n) is 17.9. The summed E-state index contributed by atoms with van der Waals surface area (Å²) in [5.74, 6) is -0.726. The van der Waals surface area contributed by atoms with Crippen LogP contribution in [0.4, 0.5) is 5.69 Å². The Kier molecular flexibility index (Phi) is 7.19. The number of aryl methyl sites for hydroxylation is 1. The lowest BCUT2D eigenvalue weighted by molar-refractivity contribution is -0.117. The van der Waals surface area contributed by atoms with E-state index in [0.717, 1.165) is 30.4 Å². The first-order valence-electron chi connectivity index (χ1n) is 10.7. The fourth-order valence-corrected chi connectivity index (χ4v) is 3.99. The van der Waals surface area contributed by atoms with E-state index in [1.165, 1.54) is 0 Å². The van der Waals surface area contributed by atoms with Crippen LogP contribution in [0.1, 0.15) is 66.7 Å². The van der Waals surface area contributed by atoms with E-state index in [0.29, 0.717) is 35.3 Å². The standard InChI is InChI=1S/C23H27N5O3/c1-3-16-18(13-24)23(31)28(27-19(16)4-2)14-21(29)26-20-12-8-7-11-17(20)22(30)25-15-9-5-6-10-15/h7-8,11-12,15H,3-6,9-10,14H2,1-2H3,(H,25,30)(H,26,29). The molecule has 162 valence electrons. The first kappa shape index (κ1) is 22.2. The van der Waals surface area contributed by atoms with Gasteiger partial charge in [-0.25, -0.2) is 4.68 Å². The Hall–Kier alpha value is -3.47. The van der Waals surface area contributed by atoms with Crippen molar-refractivity contribution in [2.75, 3.05) is 5.32 Å². The van der Waals surface area contributed by atoms with E-state index in [1.54, 1.807) is 24.3 Å². The zero-order chi connectivity index (χ0) is 22.4. The number of nitriles is 1. The van der Waals surface area contributed by atoms with Crippen molar-refractivity contribution in [3.05, 3.63) is 57.0 Å². The third kappa shape index (κ3) is 5.00. The predicted octanol–water partition coefficient (Wildman–Crippen LogP) is 2.55. The zero-order valence-corrected chi connectivity index (χ0v) is 17.9. The molecule has 0 atom stereocenters. The van der Waals surface area contributed by atoms with Gasteiger partial charge in [0.15, 0.2) is 0 Å². The van der Waals surface area contributed by atoms with Gasteiger partial charge in [-0.05, 0) is 43.4 Å². The molecule has 1 aliphatic carbocycles. The molecule has 2 N–H and O–H groups in total. The molecule has 0 aliphatic heterocycles. The molecule has 3 rings (SSSR count). The fourth-order valence-electron chi connectivity index (χ4n) is 3.99. The molecule has 1 aromatic carbocycles. The lowest BCUT2D eigenvalue weighted by Crippen LogP contribution is -2.35. The molecule has 0 radical (unpaired) electrons. The number of nitrogens with one attached hydrogen (secondary N) is 2. The van der Waals surface area contributed by atoms with Crippen LogP contribution in [0, 0.1) is 11.3 Å². The van der Waals surface area contributed by atoms with Crippen molar-refractivity contribution in [1.29, 1.82) is 5.26 Å². The Morgan fingerprint density at radius 3 is 2.55 bits per heavy atom. The minimum atomic E-state index is -0.584. The quantitative estimate of drug-likeness (QED) is 0.713. The predicted molar refractivity (Wildman–Crippen MR) is 117 cm³/mol. The van der Waals surface area contributed by atoms with Crippen molar-refractivity contribution in [3.8, 4) is 6.07 Å². The van der Waals surface area contributed by atoms with Gasteiger partial charge in [0.25, 0.3) is 11.5 Å². The average molecular weight is 422 g/mol. The van der Waals surface area contributed by atoms with Crippen molar-refractivity contribution in [3.63, 3.8) is 0 Å². The molecule has 8 heteroatoms. The van der Waals surface area contributed by atoms with Crippen LogP contribution in [0.2, 0.25) is 0 Å². The number of carbonyl (C=O) groups excluding carboxylic acids is 2. The number of carbonyl (C=O) groups is 2. The van der Waals surface area contributed by atoms with Crippen LogP contribution in [-0.2, 0) is 24.2 Å². The number of benzene rings is 1. The summed E-state index contributed by atoms with van der Waals surface area (Å²) < 4.78 is 1.02. The van der Waals surface area contributed by atoms with Crippen molar-refractivity contribution < 1.29 is 9.59 Å². The Morgan fingerprint density at radius 2 is 1.90 bits per heavy atom. The molecule has 1 heterocycles. The number of anilines is 1. The maximum absolute atomic E-state index is 12.7. The van der Waals surface area contributed by atoms with Crippen LogP contribution in [0.25, 0.3) is 0 Å². The van der Waals surface area contributed by atoms with Crippen LogP contribution in [-0.4, -0.2) is 27.6 Å². The number of amides is 2. The SMILES string of the molecule is CCc1nn(CC(=O)Nc2ccccc2C(=O)NC2CCCC2)c(=O)c(C#N)c1CC.